The summed E-state index contributed by atoms with van der Waals surface area (Å²) in [6.07, 6.45) is 1.36. The van der Waals surface area contributed by atoms with Gasteiger partial charge in [0.05, 0.1) is 6.42 Å². The van der Waals surface area contributed by atoms with E-state index in [2.05, 4.69) is 22.7 Å². The van der Waals surface area contributed by atoms with Gasteiger partial charge in [-0.1, -0.05) is 24.2 Å². The number of hydrogen-bond donors (Lipinski definition) is 2. The number of fused-ring (bicyclic) bond motifs is 1. The molecule has 20 heavy (non-hydrogen) atoms. The Morgan fingerprint density at radius 2 is 2.35 bits per heavy atom. The minimum Gasteiger partial charge on any atom is -0.356 e. The molecule has 2 heterocycles. The van der Waals surface area contributed by atoms with Crippen LogP contribution in [-0.2, 0) is 11.2 Å². The number of para-hydroxylation sites is 1. The molecule has 3 rings (SSSR count). The Balaban J connectivity index is 1.66. The van der Waals surface area contributed by atoms with E-state index in [1.165, 1.54) is 0 Å². The third kappa shape index (κ3) is 2.67. The molecule has 1 aromatic carbocycles. The Hall–Kier alpha value is -1.88. The van der Waals surface area contributed by atoms with Crippen molar-refractivity contribution >= 4 is 16.9 Å². The highest BCUT2D eigenvalue weighted by molar-refractivity contribution is 5.86. The van der Waals surface area contributed by atoms with Gasteiger partial charge in [0.15, 0.2) is 5.58 Å². The lowest BCUT2D eigenvalue weighted by molar-refractivity contribution is -0.121. The van der Waals surface area contributed by atoms with E-state index < -0.39 is 0 Å². The summed E-state index contributed by atoms with van der Waals surface area (Å²) >= 11 is 0. The molecule has 1 saturated heterocycles. The standard InChI is InChI=1S/C15H19N3O2/c1-10-6-7-16-9-13(10)17-15(19)8-12-11-4-2-3-5-14(11)20-18-12/h2-5,10,13,16H,6-9H2,1H3,(H,17,19). The minimum atomic E-state index is 0.00426. The molecule has 106 valence electrons. The van der Waals surface area contributed by atoms with Gasteiger partial charge in [-0.05, 0) is 31.0 Å². The monoisotopic (exact) mass is 273 g/mol. The number of hydrogen-bond acceptors (Lipinski definition) is 4. The van der Waals surface area contributed by atoms with Gasteiger partial charge < -0.3 is 15.2 Å². The molecule has 2 atom stereocenters. The highest BCUT2D eigenvalue weighted by Gasteiger charge is 2.23. The van der Waals surface area contributed by atoms with Crippen molar-refractivity contribution in [2.75, 3.05) is 13.1 Å². The fourth-order valence-corrected chi connectivity index (χ4v) is 2.66. The molecule has 2 aromatic rings. The average Bonchev–Trinajstić information content (AvgIpc) is 2.85. The van der Waals surface area contributed by atoms with E-state index >= 15 is 0 Å². The summed E-state index contributed by atoms with van der Waals surface area (Å²) in [5.74, 6) is 0.513. The van der Waals surface area contributed by atoms with Crippen LogP contribution in [0.2, 0.25) is 0 Å². The molecule has 5 nitrogen and oxygen atoms in total. The SMILES string of the molecule is CC1CCNCC1NC(=O)Cc1noc2ccccc12. The Morgan fingerprint density at radius 3 is 3.20 bits per heavy atom. The number of nitrogens with one attached hydrogen (secondary N) is 2. The number of aromatic nitrogens is 1. The second kappa shape index (κ2) is 5.63. The molecule has 0 radical (unpaired) electrons. The topological polar surface area (TPSA) is 67.2 Å². The number of nitrogens with zero attached hydrogens (tertiary/aromatic N) is 1. The second-order valence-electron chi connectivity index (χ2n) is 5.45. The summed E-state index contributed by atoms with van der Waals surface area (Å²) in [6, 6.07) is 7.81. The first kappa shape index (κ1) is 13.1. The number of amides is 1. The van der Waals surface area contributed by atoms with Crippen molar-refractivity contribution < 1.29 is 9.32 Å². The molecular formula is C15H19N3O2. The van der Waals surface area contributed by atoms with E-state index in [4.69, 9.17) is 4.52 Å². The summed E-state index contributed by atoms with van der Waals surface area (Å²) in [4.78, 5) is 12.1. The minimum absolute atomic E-state index is 0.00426. The highest BCUT2D eigenvalue weighted by Crippen LogP contribution is 2.18. The Bertz CT molecular complexity index is 608. The molecule has 2 unspecified atom stereocenters. The normalized spacial score (nSPS) is 22.9. The van der Waals surface area contributed by atoms with E-state index in [1.807, 2.05) is 24.3 Å². The largest absolute Gasteiger partial charge is 0.356 e. The van der Waals surface area contributed by atoms with Crippen LogP contribution in [0.15, 0.2) is 28.8 Å². The van der Waals surface area contributed by atoms with Crippen molar-refractivity contribution in [1.29, 1.82) is 0 Å². The number of benzene rings is 1. The first-order chi connectivity index (χ1) is 9.74. The summed E-state index contributed by atoms with van der Waals surface area (Å²) in [5, 5.41) is 11.3. The quantitative estimate of drug-likeness (QED) is 0.889. The van der Waals surface area contributed by atoms with Gasteiger partial charge in [-0.15, -0.1) is 0 Å². The molecular weight excluding hydrogens is 254 g/mol. The van der Waals surface area contributed by atoms with Gasteiger partial charge in [-0.3, -0.25) is 4.79 Å². The zero-order valence-electron chi connectivity index (χ0n) is 11.6. The third-order valence-corrected chi connectivity index (χ3v) is 3.95. The molecule has 1 amide bonds. The summed E-state index contributed by atoms with van der Waals surface area (Å²) in [5.41, 5.74) is 1.43. The van der Waals surface area contributed by atoms with E-state index in [0.717, 1.165) is 30.5 Å². The Morgan fingerprint density at radius 1 is 1.50 bits per heavy atom. The number of carbonyl (C=O) groups excluding carboxylic acids is 1. The molecule has 5 heteroatoms. The molecule has 0 saturated carbocycles. The van der Waals surface area contributed by atoms with Crippen LogP contribution in [0.4, 0.5) is 0 Å². The lowest BCUT2D eigenvalue weighted by Gasteiger charge is -2.30. The van der Waals surface area contributed by atoms with Crippen LogP contribution in [0, 0.1) is 5.92 Å². The van der Waals surface area contributed by atoms with Crippen molar-refractivity contribution in [2.45, 2.75) is 25.8 Å². The van der Waals surface area contributed by atoms with Crippen molar-refractivity contribution in [2.24, 2.45) is 5.92 Å². The lowest BCUT2D eigenvalue weighted by atomic mass is 9.94. The van der Waals surface area contributed by atoms with Crippen LogP contribution < -0.4 is 10.6 Å². The van der Waals surface area contributed by atoms with Gasteiger partial charge in [-0.2, -0.15) is 0 Å². The van der Waals surface area contributed by atoms with Gasteiger partial charge >= 0.3 is 0 Å². The smallest absolute Gasteiger partial charge is 0.226 e. The molecule has 0 bridgehead atoms. The zero-order valence-corrected chi connectivity index (χ0v) is 11.6. The van der Waals surface area contributed by atoms with Crippen LogP contribution >= 0.6 is 0 Å². The zero-order chi connectivity index (χ0) is 13.9. The number of piperidine rings is 1. The predicted molar refractivity (Wildman–Crippen MR) is 76.3 cm³/mol. The van der Waals surface area contributed by atoms with Gasteiger partial charge in [0.25, 0.3) is 0 Å². The predicted octanol–water partition coefficient (Wildman–Crippen LogP) is 1.48. The van der Waals surface area contributed by atoms with E-state index in [9.17, 15) is 4.79 Å². The molecule has 1 aromatic heterocycles. The van der Waals surface area contributed by atoms with E-state index in [1.54, 1.807) is 0 Å². The Labute approximate surface area is 117 Å². The van der Waals surface area contributed by atoms with Gasteiger partial charge in [0, 0.05) is 18.0 Å². The van der Waals surface area contributed by atoms with Crippen LogP contribution in [0.5, 0.6) is 0 Å². The molecule has 0 aliphatic carbocycles. The summed E-state index contributed by atoms with van der Waals surface area (Å²) in [7, 11) is 0. The fraction of sp³-hybridized carbons (Fsp3) is 0.467. The maximum absolute atomic E-state index is 12.1. The molecule has 1 aliphatic rings. The van der Waals surface area contributed by atoms with Gasteiger partial charge in [-0.25, -0.2) is 0 Å². The summed E-state index contributed by atoms with van der Waals surface area (Å²) < 4.78 is 5.22. The lowest BCUT2D eigenvalue weighted by Crippen LogP contribution is -2.50. The highest BCUT2D eigenvalue weighted by atomic mass is 16.5. The number of carbonyl (C=O) groups is 1. The van der Waals surface area contributed by atoms with Crippen molar-refractivity contribution in [3.8, 4) is 0 Å². The first-order valence-electron chi connectivity index (χ1n) is 7.07. The fourth-order valence-electron chi connectivity index (χ4n) is 2.66. The van der Waals surface area contributed by atoms with Crippen LogP contribution in [0.25, 0.3) is 11.0 Å². The van der Waals surface area contributed by atoms with Crippen LogP contribution in [-0.4, -0.2) is 30.2 Å². The maximum atomic E-state index is 12.1. The first-order valence-corrected chi connectivity index (χ1v) is 7.07. The average molecular weight is 273 g/mol. The van der Waals surface area contributed by atoms with Gasteiger partial charge in [0.1, 0.15) is 5.69 Å². The van der Waals surface area contributed by atoms with Crippen LogP contribution in [0.1, 0.15) is 19.0 Å². The molecule has 1 aliphatic heterocycles. The molecule has 0 spiro atoms. The van der Waals surface area contributed by atoms with Crippen molar-refractivity contribution in [3.63, 3.8) is 0 Å². The third-order valence-electron chi connectivity index (χ3n) is 3.95. The van der Waals surface area contributed by atoms with Crippen molar-refractivity contribution in [3.05, 3.63) is 30.0 Å². The maximum Gasteiger partial charge on any atom is 0.226 e. The van der Waals surface area contributed by atoms with E-state index in [0.29, 0.717) is 11.6 Å². The van der Waals surface area contributed by atoms with E-state index in [-0.39, 0.29) is 18.4 Å². The van der Waals surface area contributed by atoms with Crippen molar-refractivity contribution in [1.82, 2.24) is 15.8 Å². The van der Waals surface area contributed by atoms with Gasteiger partial charge in [0.2, 0.25) is 5.91 Å². The second-order valence-corrected chi connectivity index (χ2v) is 5.45. The molecule has 1 fully saturated rings. The van der Waals surface area contributed by atoms with Crippen LogP contribution in [0.3, 0.4) is 0 Å². The summed E-state index contributed by atoms with van der Waals surface area (Å²) in [6.45, 7) is 4.05. The number of rotatable bonds is 3. The Kier molecular flexibility index (Phi) is 3.69. The molecule has 2 N–H and O–H groups in total.